The maximum atomic E-state index is 12.0. The van der Waals surface area contributed by atoms with Crippen LogP contribution >= 0.6 is 11.3 Å². The number of carbonyl (C=O) groups excluding carboxylic acids is 1. The van der Waals surface area contributed by atoms with E-state index in [4.69, 9.17) is 0 Å². The Morgan fingerprint density at radius 3 is 2.71 bits per heavy atom. The molecule has 17 heavy (non-hydrogen) atoms. The highest BCUT2D eigenvalue weighted by Crippen LogP contribution is 2.26. The second-order valence-corrected chi connectivity index (χ2v) is 5.85. The molecule has 0 atom stereocenters. The molecule has 4 nitrogen and oxygen atoms in total. The van der Waals surface area contributed by atoms with Crippen LogP contribution in [0.15, 0.2) is 5.51 Å². The highest BCUT2D eigenvalue weighted by molar-refractivity contribution is 7.11. The lowest BCUT2D eigenvalue weighted by Crippen LogP contribution is -2.28. The van der Waals surface area contributed by atoms with Gasteiger partial charge in [0, 0.05) is 12.0 Å². The van der Waals surface area contributed by atoms with Gasteiger partial charge in [-0.05, 0) is 20.0 Å². The van der Waals surface area contributed by atoms with E-state index in [1.165, 1.54) is 11.3 Å². The van der Waals surface area contributed by atoms with E-state index in [2.05, 4.69) is 36.4 Å². The molecule has 96 valence electrons. The molecule has 0 spiro atoms. The molecule has 0 aliphatic carbocycles. The lowest BCUT2D eigenvalue weighted by atomic mass is 9.91. The summed E-state index contributed by atoms with van der Waals surface area (Å²) in [4.78, 5) is 17.0. The van der Waals surface area contributed by atoms with Crippen molar-refractivity contribution in [1.82, 2.24) is 15.6 Å². The molecule has 0 aliphatic heterocycles. The Bertz CT molecular complexity index is 368. The number of aromatic nitrogens is 1. The normalized spacial score (nSPS) is 11.5. The van der Waals surface area contributed by atoms with Crippen molar-refractivity contribution in [3.63, 3.8) is 0 Å². The van der Waals surface area contributed by atoms with Crippen molar-refractivity contribution in [1.29, 1.82) is 0 Å². The van der Waals surface area contributed by atoms with E-state index in [9.17, 15) is 4.79 Å². The van der Waals surface area contributed by atoms with Crippen molar-refractivity contribution in [2.75, 3.05) is 20.1 Å². The first-order valence-electron chi connectivity index (χ1n) is 5.83. The zero-order valence-corrected chi connectivity index (χ0v) is 11.8. The minimum Gasteiger partial charge on any atom is -0.351 e. The third-order valence-corrected chi connectivity index (χ3v) is 3.20. The lowest BCUT2D eigenvalue weighted by Gasteiger charge is -2.17. The molecule has 1 rings (SSSR count). The zero-order valence-electron chi connectivity index (χ0n) is 11.0. The SMILES string of the molecule is CNCCCNC(=O)c1scnc1C(C)(C)C. The second-order valence-electron chi connectivity index (χ2n) is 4.99. The molecule has 0 unspecified atom stereocenters. The summed E-state index contributed by atoms with van der Waals surface area (Å²) in [6.45, 7) is 7.82. The summed E-state index contributed by atoms with van der Waals surface area (Å²) in [6, 6.07) is 0. The van der Waals surface area contributed by atoms with Crippen molar-refractivity contribution in [3.05, 3.63) is 16.1 Å². The molecule has 0 saturated carbocycles. The molecule has 1 heterocycles. The summed E-state index contributed by atoms with van der Waals surface area (Å²) in [7, 11) is 1.91. The van der Waals surface area contributed by atoms with Crippen LogP contribution in [0, 0.1) is 0 Å². The van der Waals surface area contributed by atoms with Gasteiger partial charge in [-0.3, -0.25) is 4.79 Å². The number of thiazole rings is 1. The van der Waals surface area contributed by atoms with Crippen LogP contribution in [0.5, 0.6) is 0 Å². The topological polar surface area (TPSA) is 54.0 Å². The summed E-state index contributed by atoms with van der Waals surface area (Å²) >= 11 is 1.41. The maximum Gasteiger partial charge on any atom is 0.263 e. The van der Waals surface area contributed by atoms with E-state index < -0.39 is 0 Å². The zero-order chi connectivity index (χ0) is 12.9. The van der Waals surface area contributed by atoms with Crippen molar-refractivity contribution in [2.24, 2.45) is 0 Å². The molecule has 0 fully saturated rings. The fourth-order valence-electron chi connectivity index (χ4n) is 1.49. The third kappa shape index (κ3) is 4.09. The van der Waals surface area contributed by atoms with Crippen molar-refractivity contribution >= 4 is 17.2 Å². The Kier molecular flexibility index (Phi) is 5.08. The van der Waals surface area contributed by atoms with Crippen LogP contribution in [0.3, 0.4) is 0 Å². The van der Waals surface area contributed by atoms with Gasteiger partial charge in [-0.2, -0.15) is 0 Å². The van der Waals surface area contributed by atoms with Gasteiger partial charge >= 0.3 is 0 Å². The summed E-state index contributed by atoms with van der Waals surface area (Å²) in [5.74, 6) is -0.00599. The molecule has 0 bridgehead atoms. The molecular formula is C12H21N3OS. The van der Waals surface area contributed by atoms with E-state index in [0.29, 0.717) is 6.54 Å². The number of nitrogens with one attached hydrogen (secondary N) is 2. The van der Waals surface area contributed by atoms with Gasteiger partial charge < -0.3 is 10.6 Å². The minimum absolute atomic E-state index is 0.00599. The van der Waals surface area contributed by atoms with Crippen molar-refractivity contribution < 1.29 is 4.79 Å². The van der Waals surface area contributed by atoms with Gasteiger partial charge in [0.15, 0.2) is 0 Å². The van der Waals surface area contributed by atoms with Crippen LogP contribution in [-0.4, -0.2) is 31.0 Å². The fraction of sp³-hybridized carbons (Fsp3) is 0.667. The van der Waals surface area contributed by atoms with Crippen LogP contribution < -0.4 is 10.6 Å². The Morgan fingerprint density at radius 1 is 1.41 bits per heavy atom. The number of nitrogens with zero attached hydrogens (tertiary/aromatic N) is 1. The van der Waals surface area contributed by atoms with Crippen LogP contribution in [0.25, 0.3) is 0 Å². The molecular weight excluding hydrogens is 234 g/mol. The summed E-state index contributed by atoms with van der Waals surface area (Å²) in [5.41, 5.74) is 2.54. The van der Waals surface area contributed by atoms with E-state index in [1.807, 2.05) is 7.05 Å². The Hall–Kier alpha value is -0.940. The van der Waals surface area contributed by atoms with Gasteiger partial charge in [0.05, 0.1) is 11.2 Å². The van der Waals surface area contributed by atoms with Gasteiger partial charge in [0.1, 0.15) is 4.88 Å². The Balaban J connectivity index is 2.61. The monoisotopic (exact) mass is 255 g/mol. The summed E-state index contributed by atoms with van der Waals surface area (Å²) < 4.78 is 0. The van der Waals surface area contributed by atoms with Gasteiger partial charge in [-0.1, -0.05) is 20.8 Å². The summed E-state index contributed by atoms with van der Waals surface area (Å²) in [5, 5.41) is 5.97. The quantitative estimate of drug-likeness (QED) is 0.789. The van der Waals surface area contributed by atoms with Gasteiger partial charge in [0.25, 0.3) is 5.91 Å². The van der Waals surface area contributed by atoms with E-state index in [1.54, 1.807) is 5.51 Å². The van der Waals surface area contributed by atoms with E-state index in [0.717, 1.165) is 23.5 Å². The fourth-order valence-corrected chi connectivity index (χ4v) is 2.40. The minimum atomic E-state index is -0.0857. The molecule has 0 aromatic carbocycles. The molecule has 1 aromatic rings. The smallest absolute Gasteiger partial charge is 0.263 e. The van der Waals surface area contributed by atoms with Crippen LogP contribution in [-0.2, 0) is 5.41 Å². The maximum absolute atomic E-state index is 12.0. The average molecular weight is 255 g/mol. The highest BCUT2D eigenvalue weighted by atomic mass is 32.1. The molecule has 1 amide bonds. The summed E-state index contributed by atoms with van der Waals surface area (Å²) in [6.07, 6.45) is 0.936. The molecule has 0 saturated heterocycles. The van der Waals surface area contributed by atoms with Crippen LogP contribution in [0.2, 0.25) is 0 Å². The third-order valence-electron chi connectivity index (χ3n) is 2.37. The van der Waals surface area contributed by atoms with Crippen molar-refractivity contribution in [3.8, 4) is 0 Å². The van der Waals surface area contributed by atoms with Crippen molar-refractivity contribution in [2.45, 2.75) is 32.6 Å². The Labute approximate surface area is 107 Å². The first-order valence-corrected chi connectivity index (χ1v) is 6.71. The average Bonchev–Trinajstić information content (AvgIpc) is 2.72. The number of carbonyl (C=O) groups is 1. The predicted molar refractivity (Wildman–Crippen MR) is 71.7 cm³/mol. The van der Waals surface area contributed by atoms with E-state index >= 15 is 0 Å². The van der Waals surface area contributed by atoms with Gasteiger partial charge in [0.2, 0.25) is 0 Å². The molecule has 1 aromatic heterocycles. The first kappa shape index (κ1) is 14.1. The number of hydrogen-bond donors (Lipinski definition) is 2. The van der Waals surface area contributed by atoms with E-state index in [-0.39, 0.29) is 11.3 Å². The molecule has 0 aliphatic rings. The molecule has 5 heteroatoms. The molecule has 2 N–H and O–H groups in total. The second kappa shape index (κ2) is 6.12. The van der Waals surface area contributed by atoms with Crippen LogP contribution in [0.1, 0.15) is 42.6 Å². The highest BCUT2D eigenvalue weighted by Gasteiger charge is 2.24. The van der Waals surface area contributed by atoms with Crippen LogP contribution in [0.4, 0.5) is 0 Å². The number of amides is 1. The lowest BCUT2D eigenvalue weighted by molar-refractivity contribution is 0.0955. The largest absolute Gasteiger partial charge is 0.351 e. The predicted octanol–water partition coefficient (Wildman–Crippen LogP) is 1.78. The number of rotatable bonds is 5. The first-order chi connectivity index (χ1) is 7.96. The van der Waals surface area contributed by atoms with Gasteiger partial charge in [-0.25, -0.2) is 4.98 Å². The number of hydrogen-bond acceptors (Lipinski definition) is 4. The van der Waals surface area contributed by atoms with Gasteiger partial charge in [-0.15, -0.1) is 11.3 Å². The Morgan fingerprint density at radius 2 is 2.12 bits per heavy atom. The molecule has 0 radical (unpaired) electrons. The standard InChI is InChI=1S/C12H21N3OS/c1-12(2,3)10-9(17-8-15-10)11(16)14-7-5-6-13-4/h8,13H,5-7H2,1-4H3,(H,14,16).